The Kier molecular flexibility index (Phi) is 16.2. The standard InChI is InChI=1S/C117H108N2S/c1-112(2,3)79-49-53-98-93(64-79)94-65-80(113(4,5)6)50-54-99(94)118(98)85-66-97-106(110-90(70-35-23-19-24-36-70)69-103-109(89-45-33-34-46-102(89)120-103)105(110)73-41-29-22-30-42-73)87-51-47-74(77-55-81(114(7,8)9)62-82(56-77)115(10,11)12)59-95(87)107-88-52-48-75(78-57-83(116(13,14)15)63-84(58-78)117(16,17)18)61-100(88)119(101(67-85)108(97)107)111-91(71-37-25-20-26-38-71)68-92-86-44-32-31-43-76(86)60-96(92)104(111)72-39-27-21-28-40-72/h19-59,61-69,106-107H,60H2,1-18H3/i49D,50D,53D,54D,64D,65D. The van der Waals surface area contributed by atoms with E-state index in [0.717, 1.165) is 112 Å². The van der Waals surface area contributed by atoms with E-state index in [1.165, 1.54) is 70.2 Å². The van der Waals surface area contributed by atoms with Crippen LogP contribution in [0.4, 0.5) is 17.1 Å². The molecule has 17 aromatic rings. The molecule has 0 saturated heterocycles. The lowest BCUT2D eigenvalue weighted by Crippen LogP contribution is -2.30. The number of benzene rings is 15. The van der Waals surface area contributed by atoms with Crippen LogP contribution in [0.25, 0.3) is 126 Å². The molecule has 0 radical (unpaired) electrons. The highest BCUT2D eigenvalue weighted by Crippen LogP contribution is 2.65. The third-order valence-corrected chi connectivity index (χ3v) is 27.1. The van der Waals surface area contributed by atoms with Crippen LogP contribution in [0.1, 0.15) is 223 Å². The van der Waals surface area contributed by atoms with Gasteiger partial charge in [-0.25, -0.2) is 0 Å². The number of anilines is 3. The predicted molar refractivity (Wildman–Crippen MR) is 516 cm³/mol. The molecule has 2 aromatic heterocycles. The summed E-state index contributed by atoms with van der Waals surface area (Å²) in [6.45, 7) is 39.9. The van der Waals surface area contributed by atoms with E-state index in [1.807, 2.05) is 57.4 Å². The van der Waals surface area contributed by atoms with Crippen molar-refractivity contribution in [2.24, 2.45) is 0 Å². The minimum absolute atomic E-state index is 0.0426. The van der Waals surface area contributed by atoms with E-state index in [-0.39, 0.29) is 68.9 Å². The van der Waals surface area contributed by atoms with Gasteiger partial charge >= 0.3 is 0 Å². The molecule has 2 atom stereocenters. The van der Waals surface area contributed by atoms with Crippen molar-refractivity contribution in [2.45, 2.75) is 175 Å². The van der Waals surface area contributed by atoms with Gasteiger partial charge < -0.3 is 9.47 Å². The summed E-state index contributed by atoms with van der Waals surface area (Å²) in [4.78, 5) is 2.65. The average Bonchev–Trinajstić information content (AvgIpc) is 1.02. The molecule has 592 valence electrons. The van der Waals surface area contributed by atoms with Crippen LogP contribution in [0.15, 0.2) is 303 Å². The van der Waals surface area contributed by atoms with Crippen LogP contribution >= 0.6 is 11.3 Å². The van der Waals surface area contributed by atoms with Crippen molar-refractivity contribution in [3.8, 4) is 83.6 Å². The van der Waals surface area contributed by atoms with E-state index in [9.17, 15) is 8.22 Å². The summed E-state index contributed by atoms with van der Waals surface area (Å²) < 4.78 is 68.8. The van der Waals surface area contributed by atoms with Gasteiger partial charge in [-0.1, -0.05) is 361 Å². The maximum atomic E-state index is 10.9. The summed E-state index contributed by atoms with van der Waals surface area (Å²) in [7, 11) is 0. The van der Waals surface area contributed by atoms with Crippen LogP contribution in [0.5, 0.6) is 0 Å². The van der Waals surface area contributed by atoms with Gasteiger partial charge in [-0.3, -0.25) is 0 Å². The van der Waals surface area contributed by atoms with Gasteiger partial charge in [0.15, 0.2) is 0 Å². The van der Waals surface area contributed by atoms with Crippen LogP contribution in [0, 0.1) is 0 Å². The number of aromatic nitrogens is 1. The molecule has 2 unspecified atom stereocenters. The molecule has 20 rings (SSSR count). The van der Waals surface area contributed by atoms with Crippen molar-refractivity contribution in [1.29, 1.82) is 0 Å². The minimum Gasteiger partial charge on any atom is -0.309 e. The van der Waals surface area contributed by atoms with Crippen molar-refractivity contribution >= 4 is 70.4 Å². The second-order valence-electron chi connectivity index (χ2n) is 40.3. The summed E-state index contributed by atoms with van der Waals surface area (Å²) in [5.41, 5.74) is 31.7. The molecule has 0 spiro atoms. The van der Waals surface area contributed by atoms with Crippen LogP contribution < -0.4 is 4.90 Å². The molecule has 1 aliphatic heterocycles. The lowest BCUT2D eigenvalue weighted by molar-refractivity contribution is 0.568. The maximum Gasteiger partial charge on any atom is 0.0645 e. The second kappa shape index (κ2) is 27.9. The van der Waals surface area contributed by atoms with Crippen molar-refractivity contribution in [2.75, 3.05) is 4.90 Å². The number of nitrogens with zero attached hydrogens (tertiary/aromatic N) is 2. The van der Waals surface area contributed by atoms with Crippen molar-refractivity contribution < 1.29 is 8.22 Å². The Labute approximate surface area is 723 Å². The van der Waals surface area contributed by atoms with Gasteiger partial charge in [-0.2, -0.15) is 0 Å². The van der Waals surface area contributed by atoms with Gasteiger partial charge in [0.2, 0.25) is 0 Å². The number of rotatable bonds is 9. The van der Waals surface area contributed by atoms with Crippen molar-refractivity contribution in [3.05, 3.63) is 381 Å². The van der Waals surface area contributed by atoms with E-state index in [2.05, 4.69) is 355 Å². The number of fused-ring (bicyclic) bond motifs is 13. The highest BCUT2D eigenvalue weighted by Gasteiger charge is 2.46. The zero-order valence-electron chi connectivity index (χ0n) is 78.6. The summed E-state index contributed by atoms with van der Waals surface area (Å²) in [5, 5.41) is 2.98. The first kappa shape index (κ1) is 70.0. The van der Waals surface area contributed by atoms with E-state index in [1.54, 1.807) is 0 Å². The van der Waals surface area contributed by atoms with Crippen LogP contribution in [0.3, 0.4) is 0 Å². The lowest BCUT2D eigenvalue weighted by atomic mass is 9.63. The van der Waals surface area contributed by atoms with Crippen molar-refractivity contribution in [1.82, 2.24) is 4.57 Å². The molecule has 15 aromatic carbocycles. The molecule has 0 N–H and O–H groups in total. The molecular formula is C117H108N2S. The Bertz CT molecular complexity index is 7260. The van der Waals surface area contributed by atoms with Gasteiger partial charge in [0.05, 0.1) is 36.3 Å². The quantitative estimate of drug-likeness (QED) is 0.140. The molecule has 0 fully saturated rings. The van der Waals surface area contributed by atoms with Gasteiger partial charge in [0.1, 0.15) is 0 Å². The number of hydrogen-bond acceptors (Lipinski definition) is 2. The highest BCUT2D eigenvalue weighted by atomic mass is 32.1. The minimum atomic E-state index is -0.794. The zero-order valence-corrected chi connectivity index (χ0v) is 73.4. The van der Waals surface area contributed by atoms with Crippen LogP contribution in [0.2, 0.25) is 0 Å². The Morgan fingerprint density at radius 1 is 0.308 bits per heavy atom. The second-order valence-corrected chi connectivity index (χ2v) is 41.4. The molecule has 0 bridgehead atoms. The lowest BCUT2D eigenvalue weighted by Gasteiger charge is -2.46. The van der Waals surface area contributed by atoms with Gasteiger partial charge in [0.25, 0.3) is 0 Å². The van der Waals surface area contributed by atoms with E-state index < -0.39 is 22.7 Å². The first-order valence-electron chi connectivity index (χ1n) is 46.0. The predicted octanol–water partition coefficient (Wildman–Crippen LogP) is 33.0. The summed E-state index contributed by atoms with van der Waals surface area (Å²) in [6.07, 6.45) is 0.674. The molecule has 2 aliphatic carbocycles. The molecule has 120 heavy (non-hydrogen) atoms. The molecule has 2 nitrogen and oxygen atoms in total. The molecule has 0 saturated carbocycles. The smallest absolute Gasteiger partial charge is 0.0645 e. The molecular weight excluding hydrogens is 1470 g/mol. The fourth-order valence-electron chi connectivity index (χ4n) is 19.4. The zero-order chi connectivity index (χ0) is 88.4. The number of hydrogen-bond donors (Lipinski definition) is 0. The fourth-order valence-corrected chi connectivity index (χ4v) is 20.6. The average molecular weight is 1580 g/mol. The summed E-state index contributed by atoms with van der Waals surface area (Å²) in [5.74, 6) is -1.11. The summed E-state index contributed by atoms with van der Waals surface area (Å²) in [6, 6.07) is 101. The fraction of sp³-hybridized carbons (Fsp3) is 0.231. The highest BCUT2D eigenvalue weighted by molar-refractivity contribution is 7.26. The van der Waals surface area contributed by atoms with Crippen LogP contribution in [-0.2, 0) is 38.9 Å². The van der Waals surface area contributed by atoms with Gasteiger partial charge in [-0.05, 0) is 250 Å². The maximum absolute atomic E-state index is 10.9. The Balaban J connectivity index is 1.06. The molecule has 0 amide bonds. The van der Waals surface area contributed by atoms with Gasteiger partial charge in [-0.15, -0.1) is 11.3 Å². The van der Waals surface area contributed by atoms with E-state index in [4.69, 9.17) is 0 Å². The number of thiophene rings is 1. The third kappa shape index (κ3) is 12.8. The van der Waals surface area contributed by atoms with Crippen LogP contribution in [-0.4, -0.2) is 4.57 Å². The first-order valence-corrected chi connectivity index (χ1v) is 43.8. The molecule has 3 heteroatoms. The van der Waals surface area contributed by atoms with E-state index in [0.29, 0.717) is 34.0 Å². The molecule has 3 aliphatic rings. The largest absolute Gasteiger partial charge is 0.309 e. The monoisotopic (exact) mass is 1580 g/mol. The van der Waals surface area contributed by atoms with E-state index >= 15 is 0 Å². The Morgan fingerprint density at radius 3 is 1.32 bits per heavy atom. The normalized spacial score (nSPS) is 15.4. The first-order chi connectivity index (χ1) is 59.8. The SMILES string of the molecule is [2H]c1c(C(C)(C)C)c([2H])c2c3c([2H])c(C(C)(C)C)c([2H])c([2H])c3n(-c3cc4c5c(c3)N(c3c(-c6ccccc6)cc6c(c3-c3ccccc3)Cc3ccccc3-6)c3cc(-c6cc(C(C)(C)C)cc(C(C)(C)C)c6)ccc3C5c3cc(-c5cc(C(C)(C)C)cc(C(C)(C)C)c5)ccc3C4c3c(-c4ccccc4)cc4sc5ccccc5c4c3-c3ccccc3)c2c1[2H]. The van der Waals surface area contributed by atoms with Gasteiger partial charge in [0, 0.05) is 59.6 Å². The third-order valence-electron chi connectivity index (χ3n) is 25.9. The Morgan fingerprint density at radius 2 is 0.775 bits per heavy atom. The Hall–Kier alpha value is -11.9. The topological polar surface area (TPSA) is 8.17 Å². The van der Waals surface area contributed by atoms with Crippen molar-refractivity contribution in [3.63, 3.8) is 0 Å². The summed E-state index contributed by atoms with van der Waals surface area (Å²) >= 11 is 1.83. The molecule has 3 heterocycles.